The van der Waals surface area contributed by atoms with E-state index in [1.165, 1.54) is 29.2 Å². The Hall–Kier alpha value is -1.83. The highest BCUT2D eigenvalue weighted by Gasteiger charge is 2.13. The summed E-state index contributed by atoms with van der Waals surface area (Å²) in [5, 5.41) is 5.53. The fourth-order valence-electron chi connectivity index (χ4n) is 2.57. The molecule has 21 heavy (non-hydrogen) atoms. The molecule has 2 aromatic carbocycles. The number of fused-ring (bicyclic) bond motifs is 1. The maximum absolute atomic E-state index is 12.1. The maximum atomic E-state index is 12.1. The molecule has 0 spiro atoms. The van der Waals surface area contributed by atoms with Gasteiger partial charge >= 0.3 is 0 Å². The van der Waals surface area contributed by atoms with Gasteiger partial charge in [0.15, 0.2) is 0 Å². The Labute approximate surface area is 127 Å². The topological polar surface area (TPSA) is 29.1 Å². The van der Waals surface area contributed by atoms with Gasteiger partial charge in [0, 0.05) is 12.5 Å². The molecule has 0 aliphatic rings. The van der Waals surface area contributed by atoms with Gasteiger partial charge in [0.05, 0.1) is 0 Å². The zero-order valence-electron chi connectivity index (χ0n) is 13.1. The molecule has 0 aliphatic carbocycles. The van der Waals surface area contributed by atoms with Crippen molar-refractivity contribution in [2.75, 3.05) is 6.54 Å². The van der Waals surface area contributed by atoms with E-state index in [0.717, 1.165) is 19.4 Å². The Morgan fingerprint density at radius 2 is 1.86 bits per heavy atom. The van der Waals surface area contributed by atoms with Crippen LogP contribution in [0.4, 0.5) is 0 Å². The molecule has 2 nitrogen and oxygen atoms in total. The number of hydrogen-bond donors (Lipinski definition) is 1. The molecule has 112 valence electrons. The third-order valence-electron chi connectivity index (χ3n) is 3.88. The van der Waals surface area contributed by atoms with Crippen LogP contribution < -0.4 is 5.32 Å². The van der Waals surface area contributed by atoms with E-state index in [4.69, 9.17) is 0 Å². The molecular formula is C19H25NO. The molecule has 0 bridgehead atoms. The summed E-state index contributed by atoms with van der Waals surface area (Å²) in [5.41, 5.74) is 1.23. The molecular weight excluding hydrogens is 258 g/mol. The molecule has 0 aromatic heterocycles. The SMILES string of the molecule is CCCCCNC(=O)[C@@H](C)Cc1ccc2ccccc2c1. The van der Waals surface area contributed by atoms with Crippen LogP contribution in [0.25, 0.3) is 10.8 Å². The summed E-state index contributed by atoms with van der Waals surface area (Å²) in [4.78, 5) is 12.1. The summed E-state index contributed by atoms with van der Waals surface area (Å²) in [7, 11) is 0. The van der Waals surface area contributed by atoms with Gasteiger partial charge in [0.25, 0.3) is 0 Å². The first-order chi connectivity index (χ1) is 10.2. The predicted octanol–water partition coefficient (Wildman–Crippen LogP) is 4.32. The Morgan fingerprint density at radius 3 is 2.62 bits per heavy atom. The number of carbonyl (C=O) groups excluding carboxylic acids is 1. The highest BCUT2D eigenvalue weighted by atomic mass is 16.1. The molecule has 0 saturated heterocycles. The van der Waals surface area contributed by atoms with Crippen molar-refractivity contribution in [1.29, 1.82) is 0 Å². The minimum Gasteiger partial charge on any atom is -0.356 e. The summed E-state index contributed by atoms with van der Waals surface area (Å²) in [5.74, 6) is 0.187. The van der Waals surface area contributed by atoms with E-state index in [1.54, 1.807) is 0 Å². The van der Waals surface area contributed by atoms with Crippen molar-refractivity contribution in [3.05, 3.63) is 48.0 Å². The van der Waals surface area contributed by atoms with Crippen LogP contribution in [0.5, 0.6) is 0 Å². The second-order valence-electron chi connectivity index (χ2n) is 5.78. The quantitative estimate of drug-likeness (QED) is 0.753. The first-order valence-corrected chi connectivity index (χ1v) is 7.96. The number of nitrogens with one attached hydrogen (secondary N) is 1. The van der Waals surface area contributed by atoms with Crippen molar-refractivity contribution in [2.45, 2.75) is 39.5 Å². The van der Waals surface area contributed by atoms with Gasteiger partial charge in [-0.2, -0.15) is 0 Å². The highest BCUT2D eigenvalue weighted by molar-refractivity contribution is 5.83. The van der Waals surface area contributed by atoms with Gasteiger partial charge in [-0.05, 0) is 29.2 Å². The van der Waals surface area contributed by atoms with Crippen molar-refractivity contribution in [2.24, 2.45) is 5.92 Å². The van der Waals surface area contributed by atoms with E-state index in [1.807, 2.05) is 13.0 Å². The lowest BCUT2D eigenvalue weighted by Crippen LogP contribution is -2.31. The maximum Gasteiger partial charge on any atom is 0.223 e. The van der Waals surface area contributed by atoms with E-state index >= 15 is 0 Å². The van der Waals surface area contributed by atoms with Gasteiger partial charge in [-0.1, -0.05) is 69.2 Å². The number of benzene rings is 2. The minimum atomic E-state index is 0.0211. The van der Waals surface area contributed by atoms with Gasteiger partial charge in [-0.25, -0.2) is 0 Å². The van der Waals surface area contributed by atoms with Crippen LogP contribution in [0.3, 0.4) is 0 Å². The van der Waals surface area contributed by atoms with E-state index in [-0.39, 0.29) is 11.8 Å². The standard InChI is InChI=1S/C19H25NO/c1-3-4-7-12-20-19(21)15(2)13-16-10-11-17-8-5-6-9-18(17)14-16/h5-6,8-11,14-15H,3-4,7,12-13H2,1-2H3,(H,20,21)/t15-/m0/s1. The molecule has 1 amide bonds. The van der Waals surface area contributed by atoms with Gasteiger partial charge < -0.3 is 5.32 Å². The molecule has 0 radical (unpaired) electrons. The fraction of sp³-hybridized carbons (Fsp3) is 0.421. The minimum absolute atomic E-state index is 0.0211. The second-order valence-corrected chi connectivity index (χ2v) is 5.78. The molecule has 2 rings (SSSR count). The molecule has 0 aliphatic heterocycles. The fourth-order valence-corrected chi connectivity index (χ4v) is 2.57. The highest BCUT2D eigenvalue weighted by Crippen LogP contribution is 2.18. The van der Waals surface area contributed by atoms with Gasteiger partial charge in [-0.3, -0.25) is 4.79 Å². The Morgan fingerprint density at radius 1 is 1.10 bits per heavy atom. The largest absolute Gasteiger partial charge is 0.356 e. The number of carbonyl (C=O) groups is 1. The Kier molecular flexibility index (Phi) is 5.79. The van der Waals surface area contributed by atoms with Gasteiger partial charge in [0.1, 0.15) is 0 Å². The zero-order valence-corrected chi connectivity index (χ0v) is 13.1. The van der Waals surface area contributed by atoms with Crippen LogP contribution >= 0.6 is 0 Å². The first kappa shape index (κ1) is 15.6. The second kappa shape index (κ2) is 7.82. The molecule has 0 fully saturated rings. The lowest BCUT2D eigenvalue weighted by molar-refractivity contribution is -0.124. The number of amides is 1. The average Bonchev–Trinajstić information content (AvgIpc) is 2.51. The van der Waals surface area contributed by atoms with Crippen molar-refractivity contribution in [1.82, 2.24) is 5.32 Å². The van der Waals surface area contributed by atoms with Crippen LogP contribution in [-0.2, 0) is 11.2 Å². The monoisotopic (exact) mass is 283 g/mol. The summed E-state index contributed by atoms with van der Waals surface area (Å²) in [6.07, 6.45) is 4.23. The lowest BCUT2D eigenvalue weighted by Gasteiger charge is -2.12. The molecule has 1 N–H and O–H groups in total. The third kappa shape index (κ3) is 4.59. The van der Waals surface area contributed by atoms with Gasteiger partial charge in [0.2, 0.25) is 5.91 Å². The van der Waals surface area contributed by atoms with Crippen LogP contribution in [0.1, 0.15) is 38.7 Å². The number of rotatable bonds is 7. The van der Waals surface area contributed by atoms with Crippen LogP contribution in [0.2, 0.25) is 0 Å². The molecule has 0 heterocycles. The smallest absolute Gasteiger partial charge is 0.223 e. The van der Waals surface area contributed by atoms with Gasteiger partial charge in [-0.15, -0.1) is 0 Å². The predicted molar refractivity (Wildman–Crippen MR) is 89.4 cm³/mol. The third-order valence-corrected chi connectivity index (χ3v) is 3.88. The lowest BCUT2D eigenvalue weighted by atomic mass is 9.98. The molecule has 2 heteroatoms. The Bertz CT molecular complexity index is 591. The molecule has 2 aromatic rings. The van der Waals surface area contributed by atoms with E-state index in [9.17, 15) is 4.79 Å². The summed E-state index contributed by atoms with van der Waals surface area (Å²) >= 11 is 0. The molecule has 0 saturated carbocycles. The zero-order chi connectivity index (χ0) is 15.1. The summed E-state index contributed by atoms with van der Waals surface area (Å²) < 4.78 is 0. The van der Waals surface area contributed by atoms with Crippen LogP contribution in [-0.4, -0.2) is 12.5 Å². The number of hydrogen-bond acceptors (Lipinski definition) is 1. The molecule has 1 atom stereocenters. The average molecular weight is 283 g/mol. The Balaban J connectivity index is 1.91. The van der Waals surface area contributed by atoms with Crippen molar-refractivity contribution >= 4 is 16.7 Å². The van der Waals surface area contributed by atoms with E-state index in [2.05, 4.69) is 48.6 Å². The summed E-state index contributed by atoms with van der Waals surface area (Å²) in [6, 6.07) is 14.8. The molecule has 0 unspecified atom stereocenters. The number of unbranched alkanes of at least 4 members (excludes halogenated alkanes) is 2. The van der Waals surface area contributed by atoms with E-state index in [0.29, 0.717) is 0 Å². The first-order valence-electron chi connectivity index (χ1n) is 7.96. The van der Waals surface area contributed by atoms with E-state index < -0.39 is 0 Å². The van der Waals surface area contributed by atoms with Crippen molar-refractivity contribution in [3.63, 3.8) is 0 Å². The van der Waals surface area contributed by atoms with Crippen LogP contribution in [0.15, 0.2) is 42.5 Å². The normalized spacial score (nSPS) is 12.3. The van der Waals surface area contributed by atoms with Crippen LogP contribution in [0, 0.1) is 5.92 Å². The van der Waals surface area contributed by atoms with Crippen molar-refractivity contribution in [3.8, 4) is 0 Å². The van der Waals surface area contributed by atoms with Crippen molar-refractivity contribution < 1.29 is 4.79 Å². The summed E-state index contributed by atoms with van der Waals surface area (Å²) in [6.45, 7) is 4.98.